The van der Waals surface area contributed by atoms with Crippen molar-refractivity contribution in [2.45, 2.75) is 13.1 Å². The van der Waals surface area contributed by atoms with Crippen LogP contribution in [0.4, 0.5) is 13.2 Å². The van der Waals surface area contributed by atoms with E-state index >= 15 is 0 Å². The van der Waals surface area contributed by atoms with Crippen LogP contribution in [-0.2, 0) is 11.0 Å². The average Bonchev–Trinajstić information content (AvgIpc) is 2.52. The number of aromatic nitrogens is 2. The highest BCUT2D eigenvalue weighted by atomic mass is 19.4. The van der Waals surface area contributed by atoms with Gasteiger partial charge in [0.1, 0.15) is 11.4 Å². The van der Waals surface area contributed by atoms with Crippen molar-refractivity contribution in [1.82, 2.24) is 9.97 Å². The van der Waals surface area contributed by atoms with Gasteiger partial charge < -0.3 is 4.84 Å². The largest absolute Gasteiger partial charge is 0.416 e. The molecule has 8 heteroatoms. The van der Waals surface area contributed by atoms with E-state index in [1.165, 1.54) is 18.6 Å². The highest BCUT2D eigenvalue weighted by Crippen LogP contribution is 2.29. The van der Waals surface area contributed by atoms with Gasteiger partial charge in [-0.15, -0.1) is 0 Å². The first-order chi connectivity index (χ1) is 10.4. The van der Waals surface area contributed by atoms with E-state index in [4.69, 9.17) is 0 Å². The smallest absolute Gasteiger partial charge is 0.312 e. The maximum absolute atomic E-state index is 12.4. The van der Waals surface area contributed by atoms with E-state index in [1.54, 1.807) is 6.92 Å². The number of hydrogen-bond donors (Lipinski definition) is 0. The molecule has 22 heavy (non-hydrogen) atoms. The van der Waals surface area contributed by atoms with Crippen LogP contribution in [0.3, 0.4) is 0 Å². The summed E-state index contributed by atoms with van der Waals surface area (Å²) in [4.78, 5) is 24.2. The number of rotatable bonds is 3. The van der Waals surface area contributed by atoms with Gasteiger partial charge in [0.2, 0.25) is 0 Å². The number of benzene rings is 1. The lowest BCUT2D eigenvalue weighted by Gasteiger charge is -2.06. The molecule has 1 heterocycles. The van der Waals surface area contributed by atoms with Crippen molar-refractivity contribution >= 4 is 11.7 Å². The van der Waals surface area contributed by atoms with Crippen molar-refractivity contribution in [2.24, 2.45) is 5.16 Å². The highest BCUT2D eigenvalue weighted by Gasteiger charge is 2.30. The first kappa shape index (κ1) is 15.6. The van der Waals surface area contributed by atoms with Gasteiger partial charge in [-0.2, -0.15) is 13.2 Å². The average molecular weight is 309 g/mol. The Bertz CT molecular complexity index is 683. The zero-order chi connectivity index (χ0) is 16.2. The molecule has 0 N–H and O–H groups in total. The Morgan fingerprint density at radius 2 is 1.86 bits per heavy atom. The summed E-state index contributed by atoms with van der Waals surface area (Å²) in [5.74, 6) is -0.864. The van der Waals surface area contributed by atoms with E-state index in [-0.39, 0.29) is 5.56 Å². The van der Waals surface area contributed by atoms with E-state index < -0.39 is 17.7 Å². The first-order valence-electron chi connectivity index (χ1n) is 6.07. The molecule has 0 fully saturated rings. The van der Waals surface area contributed by atoms with Crippen molar-refractivity contribution in [2.75, 3.05) is 0 Å². The number of halogens is 3. The second-order valence-electron chi connectivity index (χ2n) is 4.22. The minimum atomic E-state index is -4.46. The van der Waals surface area contributed by atoms with Gasteiger partial charge in [-0.25, -0.2) is 4.79 Å². The van der Waals surface area contributed by atoms with Crippen molar-refractivity contribution in [3.8, 4) is 0 Å². The molecule has 0 saturated heterocycles. The lowest BCUT2D eigenvalue weighted by molar-refractivity contribution is -0.137. The van der Waals surface area contributed by atoms with Crippen LogP contribution < -0.4 is 0 Å². The monoisotopic (exact) mass is 309 g/mol. The van der Waals surface area contributed by atoms with Crippen LogP contribution >= 0.6 is 0 Å². The number of nitrogens with zero attached hydrogens (tertiary/aromatic N) is 3. The van der Waals surface area contributed by atoms with Crippen LogP contribution in [0.15, 0.2) is 48.0 Å². The second-order valence-corrected chi connectivity index (χ2v) is 4.22. The molecule has 0 bridgehead atoms. The molecule has 0 amide bonds. The molecule has 0 aliphatic heterocycles. The van der Waals surface area contributed by atoms with Crippen LogP contribution in [0.1, 0.15) is 28.5 Å². The number of hydrogen-bond acceptors (Lipinski definition) is 5. The van der Waals surface area contributed by atoms with E-state index in [0.29, 0.717) is 11.4 Å². The normalized spacial score (nSPS) is 12.1. The summed E-state index contributed by atoms with van der Waals surface area (Å²) in [6.07, 6.45) is -0.0923. The summed E-state index contributed by atoms with van der Waals surface area (Å²) in [6.45, 7) is 1.56. The Morgan fingerprint density at radius 3 is 2.41 bits per heavy atom. The van der Waals surface area contributed by atoms with Gasteiger partial charge in [0.15, 0.2) is 0 Å². The third-order valence-corrected chi connectivity index (χ3v) is 2.65. The van der Waals surface area contributed by atoms with Crippen molar-refractivity contribution < 1.29 is 22.8 Å². The summed E-state index contributed by atoms with van der Waals surface area (Å²) in [6, 6.07) is 3.66. The molecule has 0 atom stereocenters. The summed E-state index contributed by atoms with van der Waals surface area (Å²) >= 11 is 0. The number of alkyl halides is 3. The molecule has 1 aromatic carbocycles. The van der Waals surface area contributed by atoms with Crippen molar-refractivity contribution in [3.63, 3.8) is 0 Å². The molecule has 0 unspecified atom stereocenters. The summed E-state index contributed by atoms with van der Waals surface area (Å²) in [5, 5.41) is 3.58. The summed E-state index contributed by atoms with van der Waals surface area (Å²) in [7, 11) is 0. The zero-order valence-corrected chi connectivity index (χ0v) is 11.3. The topological polar surface area (TPSA) is 64.4 Å². The van der Waals surface area contributed by atoms with Gasteiger partial charge in [-0.05, 0) is 31.2 Å². The predicted octanol–water partition coefficient (Wildman–Crippen LogP) is 3.08. The molecule has 0 aliphatic carbocycles. The van der Waals surface area contributed by atoms with Gasteiger partial charge in [0.05, 0.1) is 17.3 Å². The lowest BCUT2D eigenvalue weighted by Crippen LogP contribution is -2.07. The van der Waals surface area contributed by atoms with Crippen molar-refractivity contribution in [3.05, 3.63) is 59.7 Å². The van der Waals surface area contributed by atoms with E-state index in [2.05, 4.69) is 20.0 Å². The third kappa shape index (κ3) is 3.87. The third-order valence-electron chi connectivity index (χ3n) is 2.65. The Hall–Kier alpha value is -2.77. The Morgan fingerprint density at radius 1 is 1.18 bits per heavy atom. The number of oxime groups is 1. The molecule has 2 rings (SSSR count). The quantitative estimate of drug-likeness (QED) is 0.496. The molecule has 1 aromatic heterocycles. The minimum Gasteiger partial charge on any atom is -0.312 e. The predicted molar refractivity (Wildman–Crippen MR) is 71.1 cm³/mol. The Balaban J connectivity index is 2.07. The first-order valence-corrected chi connectivity index (χ1v) is 6.07. The highest BCUT2D eigenvalue weighted by molar-refractivity contribution is 5.97. The van der Waals surface area contributed by atoms with Gasteiger partial charge in [-0.1, -0.05) is 5.16 Å². The van der Waals surface area contributed by atoms with Gasteiger partial charge in [-0.3, -0.25) is 9.97 Å². The molecule has 0 aliphatic rings. The summed E-state index contributed by atoms with van der Waals surface area (Å²) in [5.41, 5.74) is -0.150. The van der Waals surface area contributed by atoms with Gasteiger partial charge in [0.25, 0.3) is 0 Å². The van der Waals surface area contributed by atoms with E-state index in [1.807, 2.05) is 0 Å². The van der Waals surface area contributed by atoms with Crippen LogP contribution in [0, 0.1) is 0 Å². The molecule has 5 nitrogen and oxygen atoms in total. The van der Waals surface area contributed by atoms with Crippen LogP contribution in [-0.4, -0.2) is 21.6 Å². The fraction of sp³-hybridized carbons (Fsp3) is 0.143. The van der Waals surface area contributed by atoms with Crippen LogP contribution in [0.5, 0.6) is 0 Å². The maximum Gasteiger partial charge on any atom is 0.416 e. The van der Waals surface area contributed by atoms with Gasteiger partial charge in [0, 0.05) is 12.4 Å². The Labute approximate surface area is 123 Å². The fourth-order valence-electron chi connectivity index (χ4n) is 1.49. The molecule has 0 saturated carbocycles. The molecule has 0 radical (unpaired) electrons. The van der Waals surface area contributed by atoms with Crippen molar-refractivity contribution in [1.29, 1.82) is 0 Å². The SMILES string of the molecule is C/C(=N\OC(=O)c1ccc(C(F)(F)F)cc1)c1cnccn1. The lowest BCUT2D eigenvalue weighted by atomic mass is 10.1. The molecular weight excluding hydrogens is 299 g/mol. The maximum atomic E-state index is 12.4. The molecule has 114 valence electrons. The van der Waals surface area contributed by atoms with Crippen LogP contribution in [0.2, 0.25) is 0 Å². The molecule has 0 spiro atoms. The summed E-state index contributed by atoms with van der Waals surface area (Å²) < 4.78 is 37.2. The fourth-order valence-corrected chi connectivity index (χ4v) is 1.49. The standard InChI is InChI=1S/C14H10F3N3O2/c1-9(12-8-18-6-7-19-12)20-22-13(21)10-2-4-11(5-3-10)14(15,16)17/h2-8H,1H3/b20-9+. The van der Waals surface area contributed by atoms with E-state index in [9.17, 15) is 18.0 Å². The molecule has 2 aromatic rings. The number of carbonyl (C=O) groups is 1. The zero-order valence-electron chi connectivity index (χ0n) is 11.3. The molecular formula is C14H10F3N3O2. The number of carbonyl (C=O) groups excluding carboxylic acids is 1. The van der Waals surface area contributed by atoms with E-state index in [0.717, 1.165) is 24.3 Å². The second kappa shape index (κ2) is 6.33. The minimum absolute atomic E-state index is 0.0382. The van der Waals surface area contributed by atoms with Crippen LogP contribution in [0.25, 0.3) is 0 Å². The Kier molecular flexibility index (Phi) is 4.50. The van der Waals surface area contributed by atoms with Gasteiger partial charge >= 0.3 is 12.1 Å².